The topological polar surface area (TPSA) is 67.4 Å². The minimum atomic E-state index is -0.499. The third-order valence-electron chi connectivity index (χ3n) is 4.36. The van der Waals surface area contributed by atoms with Gasteiger partial charge in [-0.3, -0.25) is 9.59 Å². The highest BCUT2D eigenvalue weighted by molar-refractivity contribution is 7.18. The molecule has 2 N–H and O–H groups in total. The average Bonchev–Trinajstić information content (AvgIpc) is 2.93. The van der Waals surface area contributed by atoms with Crippen LogP contribution in [-0.2, 0) is 10.2 Å². The number of aryl methyl sites for hydroxylation is 1. The Morgan fingerprint density at radius 3 is 2.18 bits per heavy atom. The number of carbonyl (C=O) groups excluding carboxylic acids is 2. The van der Waals surface area contributed by atoms with Crippen LogP contribution in [-0.4, -0.2) is 18.9 Å². The molecule has 5 nitrogen and oxygen atoms in total. The lowest BCUT2D eigenvalue weighted by Crippen LogP contribution is -2.27. The first kappa shape index (κ1) is 22.0. The van der Waals surface area contributed by atoms with Crippen LogP contribution in [0, 0.1) is 12.3 Å². The van der Waals surface area contributed by atoms with E-state index < -0.39 is 5.41 Å². The second-order valence-electron chi connectivity index (χ2n) is 8.95. The van der Waals surface area contributed by atoms with Gasteiger partial charge in [0.15, 0.2) is 0 Å². The van der Waals surface area contributed by atoms with Crippen molar-refractivity contribution in [2.75, 3.05) is 17.7 Å². The van der Waals surface area contributed by atoms with Crippen molar-refractivity contribution in [3.63, 3.8) is 0 Å². The summed E-state index contributed by atoms with van der Waals surface area (Å²) in [6.07, 6.45) is 0. The monoisotopic (exact) mass is 402 g/mol. The Morgan fingerprint density at radius 1 is 1.00 bits per heavy atom. The number of anilines is 2. The Morgan fingerprint density at radius 2 is 1.64 bits per heavy atom. The number of rotatable bonds is 4. The molecule has 1 heterocycles. The first-order valence-corrected chi connectivity index (χ1v) is 10.1. The van der Waals surface area contributed by atoms with Gasteiger partial charge in [0.25, 0.3) is 5.91 Å². The van der Waals surface area contributed by atoms with E-state index in [4.69, 9.17) is 4.74 Å². The Balaban J connectivity index is 2.27. The normalized spacial score (nSPS) is 11.9. The van der Waals surface area contributed by atoms with E-state index in [1.54, 1.807) is 7.11 Å². The summed E-state index contributed by atoms with van der Waals surface area (Å²) < 4.78 is 5.41. The molecule has 152 valence electrons. The van der Waals surface area contributed by atoms with Gasteiger partial charge >= 0.3 is 0 Å². The third kappa shape index (κ3) is 5.13. The van der Waals surface area contributed by atoms with Gasteiger partial charge in [0, 0.05) is 5.41 Å². The molecule has 0 bridgehead atoms. The maximum atomic E-state index is 12.9. The zero-order valence-electron chi connectivity index (χ0n) is 17.9. The van der Waals surface area contributed by atoms with Crippen molar-refractivity contribution in [2.45, 2.75) is 53.9 Å². The molecule has 0 fully saturated rings. The van der Waals surface area contributed by atoms with Crippen LogP contribution >= 0.6 is 11.3 Å². The molecule has 0 aliphatic rings. The zero-order chi connectivity index (χ0) is 21.3. The van der Waals surface area contributed by atoms with E-state index in [0.29, 0.717) is 21.3 Å². The second kappa shape index (κ2) is 7.95. The summed E-state index contributed by atoms with van der Waals surface area (Å²) >= 11 is 1.27. The van der Waals surface area contributed by atoms with Crippen molar-refractivity contribution in [1.82, 2.24) is 0 Å². The summed E-state index contributed by atoms with van der Waals surface area (Å²) in [5.74, 6) is 0.306. The third-order valence-corrected chi connectivity index (χ3v) is 5.51. The minimum Gasteiger partial charge on any atom is -0.495 e. The fraction of sp³-hybridized carbons (Fsp3) is 0.455. The highest BCUT2D eigenvalue weighted by Gasteiger charge is 2.23. The molecule has 28 heavy (non-hydrogen) atoms. The molecule has 0 spiro atoms. The molecule has 2 amide bonds. The molecule has 1 aromatic carbocycles. The van der Waals surface area contributed by atoms with Crippen molar-refractivity contribution in [1.29, 1.82) is 0 Å². The van der Waals surface area contributed by atoms with E-state index in [0.717, 1.165) is 11.1 Å². The first-order valence-electron chi connectivity index (χ1n) is 9.24. The van der Waals surface area contributed by atoms with Gasteiger partial charge in [-0.2, -0.15) is 0 Å². The lowest BCUT2D eigenvalue weighted by Gasteiger charge is -2.21. The number of carbonyl (C=O) groups is 2. The summed E-state index contributed by atoms with van der Waals surface area (Å²) in [4.78, 5) is 25.7. The van der Waals surface area contributed by atoms with E-state index in [2.05, 4.69) is 31.4 Å². The van der Waals surface area contributed by atoms with E-state index in [-0.39, 0.29) is 17.2 Å². The number of benzene rings is 1. The first-order chi connectivity index (χ1) is 12.8. The quantitative estimate of drug-likeness (QED) is 0.699. The molecule has 2 aromatic rings. The van der Waals surface area contributed by atoms with Crippen LogP contribution in [0.5, 0.6) is 5.75 Å². The summed E-state index contributed by atoms with van der Waals surface area (Å²) in [6.45, 7) is 13.8. The summed E-state index contributed by atoms with van der Waals surface area (Å²) in [5.41, 5.74) is 2.01. The Hall–Kier alpha value is -2.34. The molecule has 0 atom stereocenters. The zero-order valence-corrected chi connectivity index (χ0v) is 18.8. The lowest BCUT2D eigenvalue weighted by molar-refractivity contribution is -0.123. The predicted molar refractivity (Wildman–Crippen MR) is 117 cm³/mol. The highest BCUT2D eigenvalue weighted by Crippen LogP contribution is 2.33. The molecule has 0 aliphatic carbocycles. The van der Waals surface area contributed by atoms with Crippen LogP contribution < -0.4 is 15.4 Å². The standard InChI is InChI=1S/C22H30N2O3S/c1-13-11-17(24-20(26)22(5,6)7)28-18(13)19(25)23-15-12-14(21(2,3)4)9-10-16(15)27-8/h9-12H,1-8H3,(H,23,25)(H,24,26). The van der Waals surface area contributed by atoms with E-state index in [9.17, 15) is 9.59 Å². The van der Waals surface area contributed by atoms with Gasteiger partial charge in [0.05, 0.1) is 22.7 Å². The van der Waals surface area contributed by atoms with Crippen molar-refractivity contribution in [3.8, 4) is 5.75 Å². The molecule has 0 unspecified atom stereocenters. The van der Waals surface area contributed by atoms with Crippen molar-refractivity contribution >= 4 is 33.8 Å². The van der Waals surface area contributed by atoms with Crippen LogP contribution in [0.2, 0.25) is 0 Å². The smallest absolute Gasteiger partial charge is 0.266 e. The Kier molecular flexibility index (Phi) is 6.24. The number of methoxy groups -OCH3 is 1. The largest absolute Gasteiger partial charge is 0.495 e. The van der Waals surface area contributed by atoms with Gasteiger partial charge in [-0.05, 0) is 41.7 Å². The van der Waals surface area contributed by atoms with Gasteiger partial charge in [0.2, 0.25) is 5.91 Å². The highest BCUT2D eigenvalue weighted by atomic mass is 32.1. The van der Waals surface area contributed by atoms with Gasteiger partial charge in [-0.15, -0.1) is 11.3 Å². The number of nitrogens with one attached hydrogen (secondary N) is 2. The fourth-order valence-electron chi connectivity index (χ4n) is 2.52. The second-order valence-corrected chi connectivity index (χ2v) is 10.00. The molecular formula is C22H30N2O3S. The average molecular weight is 403 g/mol. The molecule has 0 saturated carbocycles. The van der Waals surface area contributed by atoms with E-state index in [1.807, 2.05) is 52.0 Å². The number of hydrogen-bond donors (Lipinski definition) is 2. The van der Waals surface area contributed by atoms with E-state index in [1.165, 1.54) is 11.3 Å². The predicted octanol–water partition coefficient (Wildman–Crippen LogP) is 5.60. The fourth-order valence-corrected chi connectivity index (χ4v) is 3.48. The Bertz CT molecular complexity index is 886. The molecule has 1 aromatic heterocycles. The molecule has 0 saturated heterocycles. The van der Waals surface area contributed by atoms with Crippen LogP contribution in [0.4, 0.5) is 10.7 Å². The summed E-state index contributed by atoms with van der Waals surface area (Å²) in [5, 5.41) is 6.51. The van der Waals surface area contributed by atoms with Gasteiger partial charge in [-0.25, -0.2) is 0 Å². The van der Waals surface area contributed by atoms with Crippen LogP contribution in [0.3, 0.4) is 0 Å². The summed E-state index contributed by atoms with van der Waals surface area (Å²) in [6, 6.07) is 7.64. The number of hydrogen-bond acceptors (Lipinski definition) is 4. The van der Waals surface area contributed by atoms with Crippen molar-refractivity contribution < 1.29 is 14.3 Å². The number of thiophene rings is 1. The molecule has 2 rings (SSSR count). The molecule has 0 radical (unpaired) electrons. The molecule has 0 aliphatic heterocycles. The maximum absolute atomic E-state index is 12.9. The Labute approximate surface area is 171 Å². The van der Waals surface area contributed by atoms with Gasteiger partial charge in [-0.1, -0.05) is 47.6 Å². The van der Waals surface area contributed by atoms with Crippen LogP contribution in [0.15, 0.2) is 24.3 Å². The van der Waals surface area contributed by atoms with Crippen molar-refractivity contribution in [3.05, 3.63) is 40.3 Å². The van der Waals surface area contributed by atoms with Crippen LogP contribution in [0.1, 0.15) is 62.3 Å². The number of ether oxygens (including phenoxy) is 1. The SMILES string of the molecule is COc1ccc(C(C)(C)C)cc1NC(=O)c1sc(NC(=O)C(C)(C)C)cc1C. The van der Waals surface area contributed by atoms with Gasteiger partial charge < -0.3 is 15.4 Å². The van der Waals surface area contributed by atoms with Gasteiger partial charge in [0.1, 0.15) is 5.75 Å². The lowest BCUT2D eigenvalue weighted by atomic mass is 9.87. The van der Waals surface area contributed by atoms with E-state index >= 15 is 0 Å². The molecular weight excluding hydrogens is 372 g/mol. The number of amides is 2. The summed E-state index contributed by atoms with van der Waals surface area (Å²) in [7, 11) is 1.58. The van der Waals surface area contributed by atoms with Crippen molar-refractivity contribution in [2.24, 2.45) is 5.41 Å². The minimum absolute atomic E-state index is 0.0466. The van der Waals surface area contributed by atoms with Crippen LogP contribution in [0.25, 0.3) is 0 Å². The maximum Gasteiger partial charge on any atom is 0.266 e. The molecule has 6 heteroatoms.